The van der Waals surface area contributed by atoms with Crippen LogP contribution in [0.15, 0.2) is 24.3 Å². The Balaban J connectivity index is 2.77. The van der Waals surface area contributed by atoms with Gasteiger partial charge in [0.15, 0.2) is 0 Å². The van der Waals surface area contributed by atoms with Crippen molar-refractivity contribution in [2.75, 3.05) is 25.5 Å². The first-order valence-corrected chi connectivity index (χ1v) is 7.66. The Labute approximate surface area is 129 Å². The Morgan fingerprint density at radius 1 is 1.10 bits per heavy atom. The summed E-state index contributed by atoms with van der Waals surface area (Å²) in [7, 11) is 4.04. The molecule has 0 saturated carbocycles. The van der Waals surface area contributed by atoms with Crippen molar-refractivity contribution in [3.05, 3.63) is 29.8 Å². The third kappa shape index (κ3) is 5.78. The van der Waals surface area contributed by atoms with Gasteiger partial charge in [-0.05, 0) is 37.0 Å². The van der Waals surface area contributed by atoms with Crippen LogP contribution in [-0.4, -0.2) is 37.5 Å². The molecule has 0 spiro atoms. The predicted molar refractivity (Wildman–Crippen MR) is 90.8 cm³/mol. The Morgan fingerprint density at radius 3 is 2.00 bits per heavy atom. The van der Waals surface area contributed by atoms with Gasteiger partial charge >= 0.3 is 0 Å². The summed E-state index contributed by atoms with van der Waals surface area (Å²) in [5.74, 6) is 0.206. The maximum Gasteiger partial charge on any atom is 0.227 e. The van der Waals surface area contributed by atoms with Gasteiger partial charge in [-0.15, -0.1) is 0 Å². The third-order valence-electron chi connectivity index (χ3n) is 3.40. The second-order valence-electron chi connectivity index (χ2n) is 7.41. The minimum atomic E-state index is 0.120. The summed E-state index contributed by atoms with van der Waals surface area (Å²) in [5, 5.41) is 0. The number of hydrogen-bond donors (Lipinski definition) is 0. The molecule has 0 heterocycles. The molecule has 0 aliphatic heterocycles. The molecule has 1 rings (SSSR count). The second-order valence-corrected chi connectivity index (χ2v) is 7.41. The molecule has 0 atom stereocenters. The zero-order valence-electron chi connectivity index (χ0n) is 14.6. The minimum Gasteiger partial charge on any atom is -0.378 e. The topological polar surface area (TPSA) is 23.6 Å². The number of amides is 1. The molecule has 0 aliphatic carbocycles. The van der Waals surface area contributed by atoms with Crippen LogP contribution in [0.25, 0.3) is 0 Å². The summed E-state index contributed by atoms with van der Waals surface area (Å²) in [5.41, 5.74) is 2.35. The average Bonchev–Trinajstić information content (AvgIpc) is 2.35. The fourth-order valence-corrected chi connectivity index (χ4v) is 2.26. The fraction of sp³-hybridized carbons (Fsp3) is 0.611. The van der Waals surface area contributed by atoms with Crippen LogP contribution in [0.4, 0.5) is 5.69 Å². The molecule has 21 heavy (non-hydrogen) atoms. The van der Waals surface area contributed by atoms with E-state index in [0.29, 0.717) is 6.42 Å². The zero-order valence-corrected chi connectivity index (χ0v) is 14.6. The SMILES string of the molecule is CC(C)N(CC(C)(C)C)C(=O)Cc1ccc(N(C)C)cc1. The Bertz CT molecular complexity index is 455. The highest BCUT2D eigenvalue weighted by Gasteiger charge is 2.23. The smallest absolute Gasteiger partial charge is 0.227 e. The van der Waals surface area contributed by atoms with E-state index in [-0.39, 0.29) is 17.4 Å². The average molecular weight is 290 g/mol. The maximum absolute atomic E-state index is 12.6. The van der Waals surface area contributed by atoms with Crippen molar-refractivity contribution in [1.29, 1.82) is 0 Å². The van der Waals surface area contributed by atoms with E-state index in [9.17, 15) is 4.79 Å². The first-order valence-electron chi connectivity index (χ1n) is 7.66. The lowest BCUT2D eigenvalue weighted by molar-refractivity contribution is -0.133. The summed E-state index contributed by atoms with van der Waals surface area (Å²) < 4.78 is 0. The normalized spacial score (nSPS) is 11.6. The summed E-state index contributed by atoms with van der Waals surface area (Å²) >= 11 is 0. The van der Waals surface area contributed by atoms with Crippen LogP contribution in [0.5, 0.6) is 0 Å². The number of carbonyl (C=O) groups excluding carboxylic acids is 1. The molecule has 0 saturated heterocycles. The lowest BCUT2D eigenvalue weighted by atomic mass is 9.95. The molecule has 3 heteroatoms. The molecule has 0 aliphatic rings. The lowest BCUT2D eigenvalue weighted by Gasteiger charge is -2.33. The summed E-state index contributed by atoms with van der Waals surface area (Å²) in [6.07, 6.45) is 0.474. The second kappa shape index (κ2) is 6.97. The lowest BCUT2D eigenvalue weighted by Crippen LogP contribution is -2.43. The number of hydrogen-bond acceptors (Lipinski definition) is 2. The van der Waals surface area contributed by atoms with E-state index in [2.05, 4.69) is 51.7 Å². The number of rotatable bonds is 5. The van der Waals surface area contributed by atoms with Crippen molar-refractivity contribution in [3.63, 3.8) is 0 Å². The van der Waals surface area contributed by atoms with Gasteiger partial charge in [0.2, 0.25) is 5.91 Å². The van der Waals surface area contributed by atoms with E-state index in [1.165, 1.54) is 0 Å². The van der Waals surface area contributed by atoms with Gasteiger partial charge in [-0.25, -0.2) is 0 Å². The molecular weight excluding hydrogens is 260 g/mol. The maximum atomic E-state index is 12.6. The molecule has 1 aromatic carbocycles. The molecule has 0 unspecified atom stereocenters. The minimum absolute atomic E-state index is 0.120. The van der Waals surface area contributed by atoms with Crippen molar-refractivity contribution in [1.82, 2.24) is 4.90 Å². The van der Waals surface area contributed by atoms with Crippen molar-refractivity contribution in [3.8, 4) is 0 Å². The zero-order chi connectivity index (χ0) is 16.2. The highest BCUT2D eigenvalue weighted by Crippen LogP contribution is 2.19. The van der Waals surface area contributed by atoms with Gasteiger partial charge in [0, 0.05) is 32.4 Å². The van der Waals surface area contributed by atoms with Gasteiger partial charge in [0.05, 0.1) is 6.42 Å². The van der Waals surface area contributed by atoms with E-state index in [1.807, 2.05) is 31.1 Å². The van der Waals surface area contributed by atoms with Crippen LogP contribution in [0.1, 0.15) is 40.2 Å². The standard InChI is InChI=1S/C18H30N2O/c1-14(2)20(13-18(3,4)5)17(21)12-15-8-10-16(11-9-15)19(6)7/h8-11,14H,12-13H2,1-7H3. The molecule has 1 aromatic rings. The fourth-order valence-electron chi connectivity index (χ4n) is 2.26. The predicted octanol–water partition coefficient (Wildman–Crippen LogP) is 3.58. The van der Waals surface area contributed by atoms with Crippen molar-refractivity contribution < 1.29 is 4.79 Å². The Hall–Kier alpha value is -1.51. The Kier molecular flexibility index (Phi) is 5.82. The van der Waals surface area contributed by atoms with E-state index in [4.69, 9.17) is 0 Å². The molecule has 0 radical (unpaired) electrons. The van der Waals surface area contributed by atoms with Crippen LogP contribution < -0.4 is 4.90 Å². The van der Waals surface area contributed by atoms with Crippen molar-refractivity contribution >= 4 is 11.6 Å². The number of nitrogens with zero attached hydrogens (tertiary/aromatic N) is 2. The summed E-state index contributed by atoms with van der Waals surface area (Å²) in [6, 6.07) is 8.45. The molecule has 0 N–H and O–H groups in total. The van der Waals surface area contributed by atoms with Gasteiger partial charge in [-0.1, -0.05) is 32.9 Å². The number of anilines is 1. The quantitative estimate of drug-likeness (QED) is 0.827. The monoisotopic (exact) mass is 290 g/mol. The molecule has 0 bridgehead atoms. The first kappa shape index (κ1) is 17.5. The van der Waals surface area contributed by atoms with Crippen molar-refractivity contribution in [2.45, 2.75) is 47.1 Å². The summed E-state index contributed by atoms with van der Waals surface area (Å²) in [4.78, 5) is 16.6. The Morgan fingerprint density at radius 2 is 1.62 bits per heavy atom. The van der Waals surface area contributed by atoms with Gasteiger partial charge in [-0.2, -0.15) is 0 Å². The van der Waals surface area contributed by atoms with E-state index in [1.54, 1.807) is 0 Å². The molecule has 1 amide bonds. The van der Waals surface area contributed by atoms with Gasteiger partial charge < -0.3 is 9.80 Å². The van der Waals surface area contributed by atoms with Crippen molar-refractivity contribution in [2.24, 2.45) is 5.41 Å². The van der Waals surface area contributed by atoms with Gasteiger partial charge in [0.1, 0.15) is 0 Å². The van der Waals surface area contributed by atoms with Crippen LogP contribution >= 0.6 is 0 Å². The van der Waals surface area contributed by atoms with Gasteiger partial charge in [-0.3, -0.25) is 4.79 Å². The van der Waals surface area contributed by atoms with Gasteiger partial charge in [0.25, 0.3) is 0 Å². The third-order valence-corrected chi connectivity index (χ3v) is 3.40. The largest absolute Gasteiger partial charge is 0.378 e. The van der Waals surface area contributed by atoms with Crippen LogP contribution in [0.2, 0.25) is 0 Å². The number of benzene rings is 1. The molecule has 0 fully saturated rings. The number of carbonyl (C=O) groups is 1. The van der Waals surface area contributed by atoms with E-state index in [0.717, 1.165) is 17.8 Å². The van der Waals surface area contributed by atoms with E-state index >= 15 is 0 Å². The molecule has 118 valence electrons. The first-order chi connectivity index (χ1) is 9.60. The van der Waals surface area contributed by atoms with Crippen LogP contribution in [0.3, 0.4) is 0 Å². The van der Waals surface area contributed by atoms with Crippen LogP contribution in [-0.2, 0) is 11.2 Å². The summed E-state index contributed by atoms with van der Waals surface area (Å²) in [6.45, 7) is 11.5. The molecule has 0 aromatic heterocycles. The highest BCUT2D eigenvalue weighted by atomic mass is 16.2. The molecule has 3 nitrogen and oxygen atoms in total. The highest BCUT2D eigenvalue weighted by molar-refractivity contribution is 5.79. The molecular formula is C18H30N2O. The van der Waals surface area contributed by atoms with Crippen LogP contribution in [0, 0.1) is 5.41 Å². The van der Waals surface area contributed by atoms with E-state index < -0.39 is 0 Å².